The number of pyridine rings is 1. The van der Waals surface area contributed by atoms with Gasteiger partial charge in [0.25, 0.3) is 5.91 Å². The summed E-state index contributed by atoms with van der Waals surface area (Å²) in [7, 11) is 0. The van der Waals surface area contributed by atoms with Gasteiger partial charge in [-0.25, -0.2) is 9.97 Å². The van der Waals surface area contributed by atoms with E-state index >= 15 is 0 Å². The molecule has 0 spiro atoms. The van der Waals surface area contributed by atoms with Crippen molar-refractivity contribution in [2.75, 3.05) is 5.32 Å². The fourth-order valence-electron chi connectivity index (χ4n) is 2.45. The van der Waals surface area contributed by atoms with Crippen LogP contribution in [0.25, 0.3) is 0 Å². The second-order valence-corrected chi connectivity index (χ2v) is 6.65. The van der Waals surface area contributed by atoms with Gasteiger partial charge in [-0.05, 0) is 54.8 Å². The van der Waals surface area contributed by atoms with Crippen LogP contribution in [0.15, 0.2) is 60.1 Å². The average Bonchev–Trinajstić information content (AvgIpc) is 2.60. The molecule has 1 aromatic carbocycles. The van der Waals surface area contributed by atoms with Crippen molar-refractivity contribution in [2.45, 2.75) is 24.6 Å². The number of aryl methyl sites for hydroxylation is 2. The lowest BCUT2D eigenvalue weighted by molar-refractivity contribution is 0.101. The molecule has 2 heterocycles. The van der Waals surface area contributed by atoms with Gasteiger partial charge in [0.05, 0.1) is 0 Å². The van der Waals surface area contributed by atoms with Gasteiger partial charge in [-0.15, -0.1) is 0 Å². The number of nitrogens with one attached hydrogen (secondary N) is 1. The summed E-state index contributed by atoms with van der Waals surface area (Å²) in [5.74, 6) is 0.445. The minimum atomic E-state index is -0.254. The monoisotopic (exact) mass is 350 g/mol. The van der Waals surface area contributed by atoms with Gasteiger partial charge >= 0.3 is 0 Å². The van der Waals surface area contributed by atoms with Crippen LogP contribution < -0.4 is 5.32 Å². The second-order valence-electron chi connectivity index (χ2n) is 5.68. The number of aromatic nitrogens is 3. The van der Waals surface area contributed by atoms with E-state index in [-0.39, 0.29) is 5.91 Å². The molecule has 3 rings (SSSR count). The van der Waals surface area contributed by atoms with Crippen molar-refractivity contribution in [3.8, 4) is 0 Å². The van der Waals surface area contributed by atoms with Crippen LogP contribution in [0.2, 0.25) is 0 Å². The van der Waals surface area contributed by atoms with Crippen LogP contribution in [0.3, 0.4) is 0 Å². The summed E-state index contributed by atoms with van der Waals surface area (Å²) in [6.07, 6.45) is 6.63. The molecule has 0 atom stereocenters. The minimum absolute atomic E-state index is 0.254. The van der Waals surface area contributed by atoms with E-state index in [1.54, 1.807) is 18.6 Å². The van der Waals surface area contributed by atoms with Crippen LogP contribution in [0.1, 0.15) is 27.2 Å². The number of carbonyl (C=O) groups is 1. The molecule has 0 saturated heterocycles. The smallest absolute Gasteiger partial charge is 0.277 e. The van der Waals surface area contributed by atoms with Crippen LogP contribution >= 0.6 is 11.8 Å². The van der Waals surface area contributed by atoms with E-state index in [4.69, 9.17) is 0 Å². The molecule has 126 valence electrons. The van der Waals surface area contributed by atoms with Crippen LogP contribution in [0.4, 0.5) is 5.69 Å². The van der Waals surface area contributed by atoms with Gasteiger partial charge in [-0.1, -0.05) is 17.8 Å². The maximum Gasteiger partial charge on any atom is 0.277 e. The highest BCUT2D eigenvalue weighted by Crippen LogP contribution is 2.24. The minimum Gasteiger partial charge on any atom is -0.321 e. The Labute approximate surface area is 150 Å². The zero-order valence-electron chi connectivity index (χ0n) is 14.1. The Kier molecular flexibility index (Phi) is 5.40. The molecule has 2 aromatic heterocycles. The predicted molar refractivity (Wildman–Crippen MR) is 99.7 cm³/mol. The average molecular weight is 350 g/mol. The van der Waals surface area contributed by atoms with Crippen LogP contribution in [-0.2, 0) is 5.75 Å². The molecule has 6 heteroatoms. The van der Waals surface area contributed by atoms with Crippen LogP contribution in [0, 0.1) is 13.8 Å². The van der Waals surface area contributed by atoms with Crippen molar-refractivity contribution in [1.29, 1.82) is 0 Å². The van der Waals surface area contributed by atoms with E-state index in [0.717, 1.165) is 22.4 Å². The fourth-order valence-corrected chi connectivity index (χ4v) is 3.37. The highest BCUT2D eigenvalue weighted by atomic mass is 32.2. The highest BCUT2D eigenvalue weighted by Gasteiger charge is 2.15. The Bertz CT molecular complexity index is 863. The van der Waals surface area contributed by atoms with Crippen molar-refractivity contribution >= 4 is 23.4 Å². The predicted octanol–water partition coefficient (Wildman–Crippen LogP) is 4.03. The van der Waals surface area contributed by atoms with Gasteiger partial charge in [0.1, 0.15) is 5.03 Å². The number of benzene rings is 1. The summed E-state index contributed by atoms with van der Waals surface area (Å²) in [6, 6.07) is 9.82. The molecule has 25 heavy (non-hydrogen) atoms. The van der Waals surface area contributed by atoms with E-state index in [9.17, 15) is 4.79 Å². The Morgan fingerprint density at radius 1 is 1.00 bits per heavy atom. The molecule has 5 nitrogen and oxygen atoms in total. The first-order valence-electron chi connectivity index (χ1n) is 7.84. The highest BCUT2D eigenvalue weighted by molar-refractivity contribution is 7.98. The number of amides is 1. The molecular weight excluding hydrogens is 332 g/mol. The molecule has 0 radical (unpaired) electrons. The fraction of sp³-hybridized carbons (Fsp3) is 0.158. The van der Waals surface area contributed by atoms with E-state index in [1.165, 1.54) is 18.0 Å². The molecule has 0 unspecified atom stereocenters. The summed E-state index contributed by atoms with van der Waals surface area (Å²) in [5.41, 5.74) is 4.41. The lowest BCUT2D eigenvalue weighted by Crippen LogP contribution is -2.15. The van der Waals surface area contributed by atoms with Gasteiger partial charge in [0.15, 0.2) is 5.69 Å². The summed E-state index contributed by atoms with van der Waals surface area (Å²) in [6.45, 7) is 4.00. The number of rotatable bonds is 5. The molecule has 3 aromatic rings. The summed E-state index contributed by atoms with van der Waals surface area (Å²) < 4.78 is 0. The molecule has 0 saturated carbocycles. The van der Waals surface area contributed by atoms with Crippen molar-refractivity contribution in [2.24, 2.45) is 0 Å². The number of carbonyl (C=O) groups excluding carboxylic acids is 1. The molecule has 1 amide bonds. The maximum absolute atomic E-state index is 12.6. The molecule has 0 bridgehead atoms. The third kappa shape index (κ3) is 4.64. The zero-order valence-corrected chi connectivity index (χ0v) is 14.9. The summed E-state index contributed by atoms with van der Waals surface area (Å²) >= 11 is 1.48. The molecular formula is C19H18N4OS. The van der Waals surface area contributed by atoms with Crippen molar-refractivity contribution in [3.63, 3.8) is 0 Å². The molecule has 0 aliphatic carbocycles. The quantitative estimate of drug-likeness (QED) is 0.704. The first-order chi connectivity index (χ1) is 12.1. The third-order valence-corrected chi connectivity index (χ3v) is 4.53. The number of hydrogen-bond acceptors (Lipinski definition) is 5. The van der Waals surface area contributed by atoms with Crippen LogP contribution in [-0.4, -0.2) is 20.9 Å². The van der Waals surface area contributed by atoms with Gasteiger partial charge in [-0.2, -0.15) is 0 Å². The Morgan fingerprint density at radius 2 is 1.68 bits per heavy atom. The maximum atomic E-state index is 12.6. The summed E-state index contributed by atoms with van der Waals surface area (Å²) in [4.78, 5) is 25.2. The number of anilines is 1. The SMILES string of the molecule is Cc1cc(C)cc(NC(=O)c2nccnc2SCc2ccncc2)c1. The van der Waals surface area contributed by atoms with E-state index < -0.39 is 0 Å². The Morgan fingerprint density at radius 3 is 2.40 bits per heavy atom. The molecule has 0 fully saturated rings. The zero-order chi connectivity index (χ0) is 17.6. The first-order valence-corrected chi connectivity index (χ1v) is 8.83. The van der Waals surface area contributed by atoms with Crippen molar-refractivity contribution < 1.29 is 4.79 Å². The molecule has 0 aliphatic rings. The van der Waals surface area contributed by atoms with Gasteiger partial charge in [0, 0.05) is 36.2 Å². The second kappa shape index (κ2) is 7.90. The normalized spacial score (nSPS) is 10.5. The van der Waals surface area contributed by atoms with Gasteiger partial charge in [0.2, 0.25) is 0 Å². The van der Waals surface area contributed by atoms with E-state index in [0.29, 0.717) is 16.5 Å². The van der Waals surface area contributed by atoms with E-state index in [1.807, 2.05) is 38.1 Å². The van der Waals surface area contributed by atoms with Crippen molar-refractivity contribution in [1.82, 2.24) is 15.0 Å². The lowest BCUT2D eigenvalue weighted by atomic mass is 10.1. The summed E-state index contributed by atoms with van der Waals surface area (Å²) in [5, 5.41) is 3.53. The lowest BCUT2D eigenvalue weighted by Gasteiger charge is -2.09. The van der Waals surface area contributed by atoms with Crippen LogP contribution in [0.5, 0.6) is 0 Å². The van der Waals surface area contributed by atoms with Gasteiger partial charge < -0.3 is 5.32 Å². The standard InChI is InChI=1S/C19H18N4OS/c1-13-9-14(2)11-16(10-13)23-18(24)17-19(22-8-7-21-17)25-12-15-3-5-20-6-4-15/h3-11H,12H2,1-2H3,(H,23,24). The number of hydrogen-bond donors (Lipinski definition) is 1. The van der Waals surface area contributed by atoms with E-state index in [2.05, 4.69) is 26.3 Å². The van der Waals surface area contributed by atoms with Gasteiger partial charge in [-0.3, -0.25) is 9.78 Å². The number of nitrogens with zero attached hydrogens (tertiary/aromatic N) is 3. The Balaban J connectivity index is 1.76. The third-order valence-electron chi connectivity index (χ3n) is 3.48. The topological polar surface area (TPSA) is 67.8 Å². The largest absolute Gasteiger partial charge is 0.321 e. The number of thioether (sulfide) groups is 1. The molecule has 0 aliphatic heterocycles. The first kappa shape index (κ1) is 17.1. The van der Waals surface area contributed by atoms with Crippen molar-refractivity contribution in [3.05, 3.63) is 77.5 Å². The molecule has 1 N–H and O–H groups in total. The Hall–Kier alpha value is -2.73.